The second kappa shape index (κ2) is 7.49. The van der Waals surface area contributed by atoms with Crippen LogP contribution in [0.25, 0.3) is 0 Å². The average Bonchev–Trinajstić information content (AvgIpc) is 2.92. The third-order valence-corrected chi connectivity index (χ3v) is 5.92. The first-order valence-electron chi connectivity index (χ1n) is 8.27. The molecule has 0 saturated carbocycles. The summed E-state index contributed by atoms with van der Waals surface area (Å²) in [5, 5.41) is 2.41. The molecule has 3 rings (SSSR count). The minimum Gasteiger partial charge on any atom is -0.488 e. The second-order valence-corrected chi connectivity index (χ2v) is 8.03. The van der Waals surface area contributed by atoms with Gasteiger partial charge in [-0.3, -0.25) is 4.79 Å². The fourth-order valence-electron chi connectivity index (χ4n) is 2.80. The summed E-state index contributed by atoms with van der Waals surface area (Å²) < 4.78 is 66.4. The van der Waals surface area contributed by atoms with Gasteiger partial charge in [0.15, 0.2) is 23.1 Å². The first kappa shape index (κ1) is 20.2. The van der Waals surface area contributed by atoms with E-state index in [4.69, 9.17) is 9.47 Å². The summed E-state index contributed by atoms with van der Waals surface area (Å²) in [6.45, 7) is 1.62. The van der Waals surface area contributed by atoms with Crippen LogP contribution in [-0.4, -0.2) is 44.8 Å². The van der Waals surface area contributed by atoms with Crippen LogP contribution in [0.4, 0.5) is 14.5 Å². The molecule has 0 radical (unpaired) electrons. The average molecular weight is 415 g/mol. The molecule has 1 aliphatic heterocycles. The van der Waals surface area contributed by atoms with Gasteiger partial charge in [0.1, 0.15) is 11.5 Å². The Morgan fingerprint density at radius 1 is 1.39 bits per heavy atom. The predicted octanol–water partition coefficient (Wildman–Crippen LogP) is 1.63. The number of sulfonamides is 1. The summed E-state index contributed by atoms with van der Waals surface area (Å²) in [6, 6.07) is 2.23. The largest absolute Gasteiger partial charge is 0.488 e. The summed E-state index contributed by atoms with van der Waals surface area (Å²) in [4.78, 5) is 12.5. The van der Waals surface area contributed by atoms with Crippen LogP contribution in [0.3, 0.4) is 0 Å². The topological polar surface area (TPSA) is 98.7 Å². The third kappa shape index (κ3) is 3.73. The zero-order valence-corrected chi connectivity index (χ0v) is 16.1. The van der Waals surface area contributed by atoms with Crippen molar-refractivity contribution in [1.29, 1.82) is 0 Å². The van der Waals surface area contributed by atoms with E-state index in [9.17, 15) is 22.0 Å². The first-order valence-corrected chi connectivity index (χ1v) is 9.76. The van der Waals surface area contributed by atoms with E-state index in [1.54, 1.807) is 6.92 Å². The van der Waals surface area contributed by atoms with Gasteiger partial charge in [0.2, 0.25) is 10.0 Å². The Labute approximate surface area is 160 Å². The number of benzene rings is 1. The standard InChI is InChI=1S/C17H19F2N3O5S/c1-9(26-3)13-8-27-16-14(28(24,25)21-13)7-22(2)15(16)17(23)20-10-4-5-11(18)12(19)6-10/h4-7,9,13,21H,8H2,1-3H3,(H,20,23)/t9-,13?/m1/s1. The van der Waals surface area contributed by atoms with Gasteiger partial charge in [-0.25, -0.2) is 21.9 Å². The molecule has 1 aromatic carbocycles. The second-order valence-electron chi connectivity index (χ2n) is 6.34. The Hall–Kier alpha value is -2.50. The Morgan fingerprint density at radius 3 is 2.75 bits per heavy atom. The lowest BCUT2D eigenvalue weighted by atomic mass is 10.2. The number of amides is 1. The summed E-state index contributed by atoms with van der Waals surface area (Å²) in [5.74, 6) is -3.03. The highest BCUT2D eigenvalue weighted by molar-refractivity contribution is 7.89. The van der Waals surface area contributed by atoms with Gasteiger partial charge >= 0.3 is 0 Å². The molecular formula is C17H19F2N3O5S. The van der Waals surface area contributed by atoms with E-state index in [2.05, 4.69) is 10.0 Å². The SMILES string of the molecule is CO[C@H](C)C1COc2c(cn(C)c2C(=O)Nc2ccc(F)c(F)c2)S(=O)(=O)N1. The molecule has 1 aromatic heterocycles. The van der Waals surface area contributed by atoms with Crippen LogP contribution in [0.1, 0.15) is 17.4 Å². The molecule has 2 N–H and O–H groups in total. The minimum atomic E-state index is -3.97. The van der Waals surface area contributed by atoms with E-state index in [-0.39, 0.29) is 28.6 Å². The summed E-state index contributed by atoms with van der Waals surface area (Å²) in [7, 11) is -1.05. The highest BCUT2D eigenvalue weighted by Crippen LogP contribution is 2.33. The number of aryl methyl sites for hydroxylation is 1. The Kier molecular flexibility index (Phi) is 5.41. The number of carbonyl (C=O) groups is 1. The summed E-state index contributed by atoms with van der Waals surface area (Å²) >= 11 is 0. The number of halogens is 2. The molecule has 0 bridgehead atoms. The Bertz CT molecular complexity index is 1020. The quantitative estimate of drug-likeness (QED) is 0.791. The molecule has 1 aliphatic rings. The van der Waals surface area contributed by atoms with Gasteiger partial charge in [-0.2, -0.15) is 0 Å². The van der Waals surface area contributed by atoms with E-state index in [0.717, 1.165) is 12.1 Å². The molecule has 0 aliphatic carbocycles. The van der Waals surface area contributed by atoms with Gasteiger partial charge in [-0.05, 0) is 19.1 Å². The van der Waals surface area contributed by atoms with Crippen molar-refractivity contribution in [2.75, 3.05) is 19.0 Å². The van der Waals surface area contributed by atoms with Crippen molar-refractivity contribution in [2.24, 2.45) is 7.05 Å². The molecule has 2 atom stereocenters. The molecule has 1 amide bonds. The maximum Gasteiger partial charge on any atom is 0.276 e. The maximum atomic E-state index is 13.4. The number of hydrogen-bond acceptors (Lipinski definition) is 5. The molecule has 0 saturated heterocycles. The van der Waals surface area contributed by atoms with Crippen LogP contribution in [-0.2, 0) is 21.8 Å². The first-order chi connectivity index (χ1) is 13.1. The fraction of sp³-hybridized carbons (Fsp3) is 0.353. The van der Waals surface area contributed by atoms with Crippen LogP contribution in [0.5, 0.6) is 5.75 Å². The molecular weight excluding hydrogens is 396 g/mol. The summed E-state index contributed by atoms with van der Waals surface area (Å²) in [6.07, 6.45) is 0.782. The van der Waals surface area contributed by atoms with E-state index in [1.165, 1.54) is 31.0 Å². The van der Waals surface area contributed by atoms with E-state index >= 15 is 0 Å². The number of nitrogens with one attached hydrogen (secondary N) is 2. The van der Waals surface area contributed by atoms with Crippen molar-refractivity contribution in [3.63, 3.8) is 0 Å². The minimum absolute atomic E-state index is 0.0133. The van der Waals surface area contributed by atoms with Gasteiger partial charge in [0.25, 0.3) is 5.91 Å². The monoisotopic (exact) mass is 415 g/mol. The fourth-order valence-corrected chi connectivity index (χ4v) is 4.28. The van der Waals surface area contributed by atoms with Crippen LogP contribution in [0, 0.1) is 11.6 Å². The molecule has 1 unspecified atom stereocenters. The van der Waals surface area contributed by atoms with Crippen molar-refractivity contribution in [3.05, 3.63) is 41.7 Å². The van der Waals surface area contributed by atoms with Gasteiger partial charge in [-0.1, -0.05) is 0 Å². The van der Waals surface area contributed by atoms with Crippen molar-refractivity contribution in [2.45, 2.75) is 24.0 Å². The number of carbonyl (C=O) groups excluding carboxylic acids is 1. The Balaban J connectivity index is 1.96. The highest BCUT2D eigenvalue weighted by Gasteiger charge is 2.36. The van der Waals surface area contributed by atoms with Crippen LogP contribution in [0.2, 0.25) is 0 Å². The normalized spacial score (nSPS) is 19.2. The number of anilines is 1. The van der Waals surface area contributed by atoms with Gasteiger partial charge in [-0.15, -0.1) is 0 Å². The smallest absolute Gasteiger partial charge is 0.276 e. The van der Waals surface area contributed by atoms with Crippen LogP contribution < -0.4 is 14.8 Å². The molecule has 2 heterocycles. The zero-order valence-electron chi connectivity index (χ0n) is 15.3. The van der Waals surface area contributed by atoms with Crippen LogP contribution in [0.15, 0.2) is 29.3 Å². The summed E-state index contributed by atoms with van der Waals surface area (Å²) in [5.41, 5.74) is -0.0600. The molecule has 2 aromatic rings. The molecule has 0 fully saturated rings. The predicted molar refractivity (Wildman–Crippen MR) is 95.8 cm³/mol. The number of ether oxygens (including phenoxy) is 2. The highest BCUT2D eigenvalue weighted by atomic mass is 32.2. The number of methoxy groups -OCH3 is 1. The molecule has 28 heavy (non-hydrogen) atoms. The Morgan fingerprint density at radius 2 is 2.11 bits per heavy atom. The number of aromatic nitrogens is 1. The molecule has 8 nitrogen and oxygen atoms in total. The van der Waals surface area contributed by atoms with Gasteiger partial charge < -0.3 is 19.4 Å². The molecule has 152 valence electrons. The van der Waals surface area contributed by atoms with Crippen molar-refractivity contribution in [1.82, 2.24) is 9.29 Å². The maximum absolute atomic E-state index is 13.4. The van der Waals surface area contributed by atoms with Gasteiger partial charge in [0, 0.05) is 32.1 Å². The van der Waals surface area contributed by atoms with Crippen molar-refractivity contribution < 1.29 is 31.5 Å². The zero-order chi connectivity index (χ0) is 20.6. The number of hydrogen-bond donors (Lipinski definition) is 2. The van der Waals surface area contributed by atoms with Gasteiger partial charge in [0.05, 0.1) is 12.1 Å². The van der Waals surface area contributed by atoms with Crippen molar-refractivity contribution in [3.8, 4) is 5.75 Å². The number of rotatable bonds is 4. The van der Waals surface area contributed by atoms with E-state index in [1.807, 2.05) is 0 Å². The lowest BCUT2D eigenvalue weighted by Gasteiger charge is -2.21. The van der Waals surface area contributed by atoms with Crippen LogP contribution >= 0.6 is 0 Å². The van der Waals surface area contributed by atoms with E-state index < -0.39 is 39.7 Å². The number of nitrogens with zero attached hydrogens (tertiary/aromatic N) is 1. The van der Waals surface area contributed by atoms with Crippen molar-refractivity contribution >= 4 is 21.6 Å². The molecule has 11 heteroatoms. The van der Waals surface area contributed by atoms with E-state index in [0.29, 0.717) is 0 Å². The lowest BCUT2D eigenvalue weighted by molar-refractivity contribution is 0.0723. The third-order valence-electron chi connectivity index (χ3n) is 4.44. The lowest BCUT2D eigenvalue weighted by Crippen LogP contribution is -2.45. The number of fused-ring (bicyclic) bond motifs is 1. The molecule has 0 spiro atoms.